The van der Waals surface area contributed by atoms with Crippen molar-refractivity contribution in [1.82, 2.24) is 0 Å². The van der Waals surface area contributed by atoms with Crippen molar-refractivity contribution < 1.29 is 4.74 Å². The van der Waals surface area contributed by atoms with Gasteiger partial charge in [0.1, 0.15) is 11.5 Å². The highest BCUT2D eigenvalue weighted by molar-refractivity contribution is 6.09. The number of para-hydroxylation sites is 1. The molecular formula is C55H35NO. The minimum absolute atomic E-state index is 0.652. The van der Waals surface area contributed by atoms with Gasteiger partial charge in [0.2, 0.25) is 0 Å². The van der Waals surface area contributed by atoms with E-state index in [2.05, 4.69) is 217 Å². The maximum absolute atomic E-state index is 6.95. The molecule has 0 radical (unpaired) electrons. The zero-order valence-electron chi connectivity index (χ0n) is 31.1. The van der Waals surface area contributed by atoms with E-state index in [1.54, 1.807) is 0 Å². The number of nitrogens with zero attached hydrogens (tertiary/aromatic N) is 1. The van der Waals surface area contributed by atoms with E-state index >= 15 is 0 Å². The molecule has 0 aromatic heterocycles. The second-order valence-electron chi connectivity index (χ2n) is 15.2. The summed E-state index contributed by atoms with van der Waals surface area (Å²) in [5, 5.41) is 7.32. The van der Waals surface area contributed by atoms with Crippen LogP contribution in [-0.2, 0) is 5.41 Å². The number of hydrogen-bond donors (Lipinski definition) is 0. The van der Waals surface area contributed by atoms with E-state index in [0.29, 0.717) is 0 Å². The Morgan fingerprint density at radius 3 is 1.86 bits per heavy atom. The summed E-state index contributed by atoms with van der Waals surface area (Å²) in [6.07, 6.45) is 0. The molecule has 57 heavy (non-hydrogen) atoms. The second kappa shape index (κ2) is 12.3. The quantitative estimate of drug-likeness (QED) is 0.179. The molecule has 10 aromatic carbocycles. The minimum Gasteiger partial charge on any atom is -0.457 e. The molecule has 0 saturated carbocycles. The number of benzene rings is 10. The molecule has 1 spiro atoms. The number of hydrogen-bond acceptors (Lipinski definition) is 2. The van der Waals surface area contributed by atoms with Gasteiger partial charge in [-0.25, -0.2) is 0 Å². The Balaban J connectivity index is 1.22. The van der Waals surface area contributed by atoms with Gasteiger partial charge in [-0.1, -0.05) is 176 Å². The van der Waals surface area contributed by atoms with Crippen LogP contribution in [0.15, 0.2) is 212 Å². The molecule has 1 heterocycles. The van der Waals surface area contributed by atoms with E-state index in [0.717, 1.165) is 39.7 Å². The second-order valence-corrected chi connectivity index (χ2v) is 15.2. The number of rotatable bonds is 4. The average Bonchev–Trinajstić information content (AvgIpc) is 3.28. The van der Waals surface area contributed by atoms with Gasteiger partial charge >= 0.3 is 0 Å². The first-order valence-corrected chi connectivity index (χ1v) is 19.7. The van der Waals surface area contributed by atoms with Gasteiger partial charge in [0.05, 0.1) is 16.8 Å². The van der Waals surface area contributed by atoms with Crippen LogP contribution in [0.4, 0.5) is 17.1 Å². The highest BCUT2D eigenvalue weighted by atomic mass is 16.5. The molecule has 1 unspecified atom stereocenters. The molecule has 1 aliphatic carbocycles. The number of ether oxygens (including phenoxy) is 1. The van der Waals surface area contributed by atoms with E-state index in [1.165, 1.54) is 65.7 Å². The molecule has 2 aliphatic rings. The maximum Gasteiger partial charge on any atom is 0.132 e. The minimum atomic E-state index is -0.652. The van der Waals surface area contributed by atoms with E-state index in [4.69, 9.17) is 4.74 Å². The summed E-state index contributed by atoms with van der Waals surface area (Å²) in [5.41, 5.74) is 12.3. The van der Waals surface area contributed by atoms with Crippen molar-refractivity contribution in [2.75, 3.05) is 4.90 Å². The van der Waals surface area contributed by atoms with Gasteiger partial charge in [-0.15, -0.1) is 0 Å². The predicted octanol–water partition coefficient (Wildman–Crippen LogP) is 14.8. The van der Waals surface area contributed by atoms with Crippen molar-refractivity contribution in [2.45, 2.75) is 5.41 Å². The highest BCUT2D eigenvalue weighted by Gasteiger charge is 2.49. The molecule has 1 atom stereocenters. The topological polar surface area (TPSA) is 12.5 Å². The molecule has 0 bridgehead atoms. The summed E-state index contributed by atoms with van der Waals surface area (Å²) >= 11 is 0. The average molecular weight is 726 g/mol. The number of fused-ring (bicyclic) bond motifs is 10. The summed E-state index contributed by atoms with van der Waals surface area (Å²) in [5.74, 6) is 1.75. The molecule has 12 rings (SSSR count). The molecule has 10 aromatic rings. The third-order valence-electron chi connectivity index (χ3n) is 12.3. The highest BCUT2D eigenvalue weighted by Crippen LogP contribution is 2.62. The van der Waals surface area contributed by atoms with Crippen LogP contribution in [0.5, 0.6) is 11.5 Å². The normalized spacial score (nSPS) is 14.9. The molecule has 2 nitrogen and oxygen atoms in total. The summed E-state index contributed by atoms with van der Waals surface area (Å²) in [4.78, 5) is 2.48. The first-order chi connectivity index (χ1) is 28.3. The molecular weight excluding hydrogens is 691 g/mol. The van der Waals surface area contributed by atoms with E-state index in [-0.39, 0.29) is 0 Å². The van der Waals surface area contributed by atoms with Crippen LogP contribution in [-0.4, -0.2) is 0 Å². The zero-order valence-corrected chi connectivity index (χ0v) is 31.1. The fourth-order valence-electron chi connectivity index (χ4n) is 9.98. The molecule has 1 aliphatic heterocycles. The molecule has 0 saturated heterocycles. The lowest BCUT2D eigenvalue weighted by atomic mass is 9.58. The fraction of sp³-hybridized carbons (Fsp3) is 0.0182. The van der Waals surface area contributed by atoms with Crippen LogP contribution >= 0.6 is 0 Å². The number of anilines is 3. The van der Waals surface area contributed by atoms with Crippen LogP contribution in [0.2, 0.25) is 0 Å². The van der Waals surface area contributed by atoms with Gasteiger partial charge in [-0.3, -0.25) is 0 Å². The molecule has 0 amide bonds. The van der Waals surface area contributed by atoms with Gasteiger partial charge in [0.25, 0.3) is 0 Å². The van der Waals surface area contributed by atoms with Crippen LogP contribution in [0.3, 0.4) is 0 Å². The van der Waals surface area contributed by atoms with Crippen molar-refractivity contribution in [1.29, 1.82) is 0 Å². The summed E-state index contributed by atoms with van der Waals surface area (Å²) in [6.45, 7) is 0. The summed E-state index contributed by atoms with van der Waals surface area (Å²) < 4.78 is 6.95. The Labute approximate surface area is 331 Å². The van der Waals surface area contributed by atoms with Crippen LogP contribution in [0, 0.1) is 0 Å². The summed E-state index contributed by atoms with van der Waals surface area (Å²) in [7, 11) is 0. The maximum atomic E-state index is 6.95. The third-order valence-corrected chi connectivity index (χ3v) is 12.3. The van der Waals surface area contributed by atoms with Crippen molar-refractivity contribution >= 4 is 49.4 Å². The lowest BCUT2D eigenvalue weighted by molar-refractivity contribution is 0.435. The van der Waals surface area contributed by atoms with E-state index in [1.807, 2.05) is 0 Å². The zero-order chi connectivity index (χ0) is 37.5. The van der Waals surface area contributed by atoms with Crippen molar-refractivity contribution in [2.24, 2.45) is 0 Å². The monoisotopic (exact) mass is 725 g/mol. The van der Waals surface area contributed by atoms with Gasteiger partial charge < -0.3 is 9.64 Å². The molecule has 0 fully saturated rings. The Bertz CT molecular complexity index is 3230. The van der Waals surface area contributed by atoms with Crippen LogP contribution < -0.4 is 9.64 Å². The largest absolute Gasteiger partial charge is 0.457 e. The smallest absolute Gasteiger partial charge is 0.132 e. The van der Waals surface area contributed by atoms with Crippen molar-refractivity contribution in [3.05, 3.63) is 235 Å². The molecule has 2 heteroatoms. The van der Waals surface area contributed by atoms with E-state index in [9.17, 15) is 0 Å². The Hall–Kier alpha value is -7.42. The van der Waals surface area contributed by atoms with Crippen LogP contribution in [0.1, 0.15) is 22.3 Å². The summed E-state index contributed by atoms with van der Waals surface area (Å²) in [6, 6.07) is 77.6. The van der Waals surface area contributed by atoms with Gasteiger partial charge in [0, 0.05) is 27.8 Å². The SMILES string of the molecule is c1ccc(-c2c(N(c3ccc4c(c3)C3(c5ccccc5O4)c4ccccc4-c4cccc5cccc3c45)c3cccc4ccccc34)ccc3ccccc23)cc1. The fourth-order valence-corrected chi connectivity index (χ4v) is 9.98. The lowest BCUT2D eigenvalue weighted by Crippen LogP contribution is -2.36. The van der Waals surface area contributed by atoms with Gasteiger partial charge in [-0.2, -0.15) is 0 Å². The first kappa shape index (κ1) is 31.9. The Kier molecular flexibility index (Phi) is 6.88. The van der Waals surface area contributed by atoms with E-state index < -0.39 is 5.41 Å². The van der Waals surface area contributed by atoms with Gasteiger partial charge in [0.15, 0.2) is 0 Å². The lowest BCUT2D eigenvalue weighted by Gasteiger charge is -2.45. The third kappa shape index (κ3) is 4.53. The van der Waals surface area contributed by atoms with Gasteiger partial charge in [-0.05, 0) is 91.1 Å². The van der Waals surface area contributed by atoms with Crippen molar-refractivity contribution in [3.8, 4) is 33.8 Å². The van der Waals surface area contributed by atoms with Crippen molar-refractivity contribution in [3.63, 3.8) is 0 Å². The molecule has 0 N–H and O–H groups in total. The predicted molar refractivity (Wildman–Crippen MR) is 236 cm³/mol. The van der Waals surface area contributed by atoms with Crippen LogP contribution in [0.25, 0.3) is 54.6 Å². The standard InChI is InChI=1S/C55H35NO/c1-2-17-39(18-3-1)54-42-23-7-5-16-37(42)31-33-50(54)56(49-29-14-19-36-15-4-6-22-41(36)49)40-32-34-52-48(35-40)55(46-27-10-11-30-51(46)57-52)45-26-9-8-24-43(45)44-25-12-20-38-21-13-28-47(55)53(38)44/h1-35H. The Morgan fingerprint density at radius 2 is 0.982 bits per heavy atom. The Morgan fingerprint density at radius 1 is 0.368 bits per heavy atom. The molecule has 266 valence electrons. The first-order valence-electron chi connectivity index (χ1n) is 19.7.